The Morgan fingerprint density at radius 3 is 2.71 bits per heavy atom. The molecule has 0 spiro atoms. The molecule has 94 valence electrons. The summed E-state index contributed by atoms with van der Waals surface area (Å²) in [6.07, 6.45) is 0. The van der Waals surface area contributed by atoms with Gasteiger partial charge in [-0.3, -0.25) is 4.79 Å². The predicted molar refractivity (Wildman–Crippen MR) is 66.1 cm³/mol. The van der Waals surface area contributed by atoms with Gasteiger partial charge >= 0.3 is 5.97 Å². The first kappa shape index (κ1) is 13.5. The molecule has 0 aliphatic rings. The average Bonchev–Trinajstić information content (AvgIpc) is 2.28. The Labute approximate surface area is 102 Å². The number of nitrogens with one attached hydrogen (secondary N) is 1. The van der Waals surface area contributed by atoms with Crippen molar-refractivity contribution >= 4 is 5.97 Å². The number of hydrogen-bond donors (Lipinski definition) is 2. The Hall–Kier alpha value is -1.55. The van der Waals surface area contributed by atoms with Crippen LogP contribution in [-0.2, 0) is 11.3 Å². The number of aliphatic carboxylic acids is 1. The van der Waals surface area contributed by atoms with Crippen molar-refractivity contribution in [2.45, 2.75) is 26.4 Å². The smallest absolute Gasteiger partial charge is 0.320 e. The van der Waals surface area contributed by atoms with Gasteiger partial charge in [-0.15, -0.1) is 0 Å². The summed E-state index contributed by atoms with van der Waals surface area (Å²) in [5.74, 6) is 0.0155. The molecule has 0 saturated carbocycles. The molecular formula is C13H19NO3. The van der Waals surface area contributed by atoms with Gasteiger partial charge in [0.25, 0.3) is 0 Å². The molecule has 0 aromatic heterocycles. The lowest BCUT2D eigenvalue weighted by atomic mass is 10.0. The molecule has 0 fully saturated rings. The molecule has 0 saturated heterocycles. The summed E-state index contributed by atoms with van der Waals surface area (Å²) in [6, 6.07) is 7.06. The maximum Gasteiger partial charge on any atom is 0.320 e. The third kappa shape index (κ3) is 4.07. The molecule has 4 nitrogen and oxygen atoms in total. The largest absolute Gasteiger partial charge is 0.497 e. The van der Waals surface area contributed by atoms with Crippen LogP contribution in [0.3, 0.4) is 0 Å². The Balaban J connectivity index is 2.62. The highest BCUT2D eigenvalue weighted by Gasteiger charge is 2.20. The molecule has 0 aliphatic carbocycles. The van der Waals surface area contributed by atoms with Gasteiger partial charge in [-0.2, -0.15) is 0 Å². The lowest BCUT2D eigenvalue weighted by Gasteiger charge is -2.18. The first-order chi connectivity index (χ1) is 8.04. The Morgan fingerprint density at radius 2 is 2.18 bits per heavy atom. The molecule has 0 bridgehead atoms. The van der Waals surface area contributed by atoms with Gasteiger partial charge in [0.05, 0.1) is 7.11 Å². The molecular weight excluding hydrogens is 218 g/mol. The van der Waals surface area contributed by atoms with Crippen molar-refractivity contribution in [3.05, 3.63) is 29.8 Å². The normalized spacial score (nSPS) is 12.5. The highest BCUT2D eigenvalue weighted by atomic mass is 16.5. The number of methoxy groups -OCH3 is 1. The van der Waals surface area contributed by atoms with E-state index in [1.165, 1.54) is 0 Å². The number of carbonyl (C=O) groups is 1. The molecule has 17 heavy (non-hydrogen) atoms. The van der Waals surface area contributed by atoms with Gasteiger partial charge in [0.2, 0.25) is 0 Å². The second-order valence-electron chi connectivity index (χ2n) is 4.29. The van der Waals surface area contributed by atoms with E-state index in [-0.39, 0.29) is 5.92 Å². The van der Waals surface area contributed by atoms with E-state index in [9.17, 15) is 4.79 Å². The number of ether oxygens (including phenoxy) is 1. The van der Waals surface area contributed by atoms with Crippen molar-refractivity contribution in [2.24, 2.45) is 5.92 Å². The van der Waals surface area contributed by atoms with Crippen LogP contribution in [-0.4, -0.2) is 24.2 Å². The van der Waals surface area contributed by atoms with Gasteiger partial charge in [-0.05, 0) is 23.6 Å². The van der Waals surface area contributed by atoms with Gasteiger partial charge in [0, 0.05) is 6.54 Å². The fourth-order valence-corrected chi connectivity index (χ4v) is 1.62. The summed E-state index contributed by atoms with van der Waals surface area (Å²) in [5.41, 5.74) is 1.01. The van der Waals surface area contributed by atoms with Crippen LogP contribution < -0.4 is 10.1 Å². The van der Waals surface area contributed by atoms with E-state index in [1.807, 2.05) is 38.1 Å². The molecule has 0 heterocycles. The van der Waals surface area contributed by atoms with Gasteiger partial charge in [-0.25, -0.2) is 0 Å². The van der Waals surface area contributed by atoms with Crippen molar-refractivity contribution < 1.29 is 14.6 Å². The summed E-state index contributed by atoms with van der Waals surface area (Å²) in [7, 11) is 1.61. The Bertz CT molecular complexity index is 377. The van der Waals surface area contributed by atoms with Crippen LogP contribution >= 0.6 is 0 Å². The zero-order valence-electron chi connectivity index (χ0n) is 10.4. The molecule has 0 radical (unpaired) electrons. The van der Waals surface area contributed by atoms with Crippen LogP contribution in [0.15, 0.2) is 24.3 Å². The van der Waals surface area contributed by atoms with Gasteiger partial charge in [-0.1, -0.05) is 26.0 Å². The summed E-state index contributed by atoms with van der Waals surface area (Å²) in [6.45, 7) is 4.29. The first-order valence-corrected chi connectivity index (χ1v) is 5.63. The molecule has 1 unspecified atom stereocenters. The van der Waals surface area contributed by atoms with Gasteiger partial charge in [0.1, 0.15) is 11.8 Å². The van der Waals surface area contributed by atoms with E-state index in [0.29, 0.717) is 6.54 Å². The van der Waals surface area contributed by atoms with E-state index in [0.717, 1.165) is 11.3 Å². The van der Waals surface area contributed by atoms with E-state index in [2.05, 4.69) is 5.32 Å². The third-order valence-electron chi connectivity index (χ3n) is 2.59. The predicted octanol–water partition coefficient (Wildman–Crippen LogP) is 1.89. The van der Waals surface area contributed by atoms with Crippen molar-refractivity contribution in [1.29, 1.82) is 0 Å². The zero-order chi connectivity index (χ0) is 12.8. The van der Waals surface area contributed by atoms with Crippen LogP contribution in [0.4, 0.5) is 0 Å². The number of rotatable bonds is 6. The summed E-state index contributed by atoms with van der Waals surface area (Å²) >= 11 is 0. The molecule has 1 aromatic carbocycles. The van der Waals surface area contributed by atoms with Crippen LogP contribution in [0, 0.1) is 5.92 Å². The monoisotopic (exact) mass is 237 g/mol. The number of benzene rings is 1. The SMILES string of the molecule is COc1cccc(CNC(C(=O)O)C(C)C)c1. The Kier molecular flexibility index (Phi) is 4.97. The van der Waals surface area contributed by atoms with Crippen LogP contribution in [0.1, 0.15) is 19.4 Å². The maximum atomic E-state index is 11.0. The van der Waals surface area contributed by atoms with E-state index >= 15 is 0 Å². The highest BCUT2D eigenvalue weighted by molar-refractivity contribution is 5.73. The lowest BCUT2D eigenvalue weighted by molar-refractivity contribution is -0.140. The van der Waals surface area contributed by atoms with E-state index in [4.69, 9.17) is 9.84 Å². The highest BCUT2D eigenvalue weighted by Crippen LogP contribution is 2.13. The number of carboxylic acid groups (broad SMARTS) is 1. The molecule has 1 rings (SSSR count). The van der Waals surface area contributed by atoms with Crippen LogP contribution in [0.2, 0.25) is 0 Å². The van der Waals surface area contributed by atoms with E-state index in [1.54, 1.807) is 7.11 Å². The summed E-state index contributed by atoms with van der Waals surface area (Å²) < 4.78 is 5.11. The minimum atomic E-state index is -0.817. The van der Waals surface area contributed by atoms with Gasteiger partial charge < -0.3 is 15.2 Å². The van der Waals surface area contributed by atoms with Crippen LogP contribution in [0.5, 0.6) is 5.75 Å². The van der Waals surface area contributed by atoms with Crippen molar-refractivity contribution in [3.8, 4) is 5.75 Å². The first-order valence-electron chi connectivity index (χ1n) is 5.63. The quantitative estimate of drug-likeness (QED) is 0.793. The second kappa shape index (κ2) is 6.25. The molecule has 2 N–H and O–H groups in total. The van der Waals surface area contributed by atoms with E-state index < -0.39 is 12.0 Å². The van der Waals surface area contributed by atoms with Crippen molar-refractivity contribution in [1.82, 2.24) is 5.32 Å². The van der Waals surface area contributed by atoms with Crippen LogP contribution in [0.25, 0.3) is 0 Å². The minimum absolute atomic E-state index is 0.0538. The fraction of sp³-hybridized carbons (Fsp3) is 0.462. The Morgan fingerprint density at radius 1 is 1.47 bits per heavy atom. The molecule has 0 amide bonds. The topological polar surface area (TPSA) is 58.6 Å². The molecule has 0 aliphatic heterocycles. The number of hydrogen-bond acceptors (Lipinski definition) is 3. The fourth-order valence-electron chi connectivity index (χ4n) is 1.62. The molecule has 1 aromatic rings. The summed E-state index contributed by atoms with van der Waals surface area (Å²) in [5, 5.41) is 12.1. The lowest BCUT2D eigenvalue weighted by Crippen LogP contribution is -2.40. The average molecular weight is 237 g/mol. The standard InChI is InChI=1S/C13H19NO3/c1-9(2)12(13(15)16)14-8-10-5-4-6-11(7-10)17-3/h4-7,9,12,14H,8H2,1-3H3,(H,15,16). The third-order valence-corrected chi connectivity index (χ3v) is 2.59. The van der Waals surface area contributed by atoms with Crippen molar-refractivity contribution in [2.75, 3.05) is 7.11 Å². The number of carboxylic acids is 1. The maximum absolute atomic E-state index is 11.0. The molecule has 4 heteroatoms. The van der Waals surface area contributed by atoms with Gasteiger partial charge in [0.15, 0.2) is 0 Å². The minimum Gasteiger partial charge on any atom is -0.497 e. The second-order valence-corrected chi connectivity index (χ2v) is 4.29. The molecule has 1 atom stereocenters. The summed E-state index contributed by atoms with van der Waals surface area (Å²) in [4.78, 5) is 11.0. The van der Waals surface area contributed by atoms with Crippen molar-refractivity contribution in [3.63, 3.8) is 0 Å². The zero-order valence-corrected chi connectivity index (χ0v) is 10.4.